The molecule has 1 saturated carbocycles. The standard InChI is InChI=1S/C7H12F2O2/c8-7(9)11-6-3-5(4-6)1-2-10/h5-7,10H,1-4H2. The summed E-state index contributed by atoms with van der Waals surface area (Å²) in [5.74, 6) is 0.392. The first-order valence-electron chi connectivity index (χ1n) is 3.77. The Balaban J connectivity index is 2.00. The molecule has 1 rings (SSSR count). The lowest BCUT2D eigenvalue weighted by Gasteiger charge is -2.34. The normalized spacial score (nSPS) is 30.5. The minimum absolute atomic E-state index is 0.145. The quantitative estimate of drug-likeness (QED) is 0.683. The van der Waals surface area contributed by atoms with Crippen LogP contribution in [0.5, 0.6) is 0 Å². The van der Waals surface area contributed by atoms with Crippen LogP contribution in [0.4, 0.5) is 8.78 Å². The molecule has 4 heteroatoms. The van der Waals surface area contributed by atoms with Crippen molar-refractivity contribution in [3.63, 3.8) is 0 Å². The lowest BCUT2D eigenvalue weighted by Crippen LogP contribution is -2.33. The summed E-state index contributed by atoms with van der Waals surface area (Å²) in [5, 5.41) is 8.48. The number of ether oxygens (including phenoxy) is 1. The SMILES string of the molecule is OCCC1CC(OC(F)F)C1. The van der Waals surface area contributed by atoms with Gasteiger partial charge in [0.25, 0.3) is 0 Å². The second kappa shape index (κ2) is 3.97. The van der Waals surface area contributed by atoms with E-state index in [4.69, 9.17) is 5.11 Å². The van der Waals surface area contributed by atoms with E-state index in [1.807, 2.05) is 0 Å². The van der Waals surface area contributed by atoms with Crippen LogP contribution in [0.25, 0.3) is 0 Å². The van der Waals surface area contributed by atoms with Crippen LogP contribution in [0.1, 0.15) is 19.3 Å². The maximum atomic E-state index is 11.5. The van der Waals surface area contributed by atoms with E-state index in [-0.39, 0.29) is 12.7 Å². The van der Waals surface area contributed by atoms with Gasteiger partial charge in [0.2, 0.25) is 0 Å². The molecular formula is C7H12F2O2. The van der Waals surface area contributed by atoms with Crippen molar-refractivity contribution in [2.45, 2.75) is 32.0 Å². The molecular weight excluding hydrogens is 154 g/mol. The summed E-state index contributed by atoms with van der Waals surface area (Å²) < 4.78 is 27.3. The monoisotopic (exact) mass is 166 g/mol. The average molecular weight is 166 g/mol. The summed E-state index contributed by atoms with van der Waals surface area (Å²) in [6, 6.07) is 0. The highest BCUT2D eigenvalue weighted by Gasteiger charge is 2.31. The molecule has 1 N–H and O–H groups in total. The summed E-state index contributed by atoms with van der Waals surface area (Å²) in [4.78, 5) is 0. The zero-order chi connectivity index (χ0) is 8.27. The molecule has 66 valence electrons. The molecule has 0 bridgehead atoms. The van der Waals surface area contributed by atoms with Gasteiger partial charge in [0, 0.05) is 6.61 Å². The smallest absolute Gasteiger partial charge is 0.345 e. The lowest BCUT2D eigenvalue weighted by atomic mass is 9.80. The number of halogens is 2. The Morgan fingerprint density at radius 3 is 2.55 bits per heavy atom. The zero-order valence-electron chi connectivity index (χ0n) is 6.17. The third kappa shape index (κ3) is 2.71. The Labute approximate surface area is 64.2 Å². The lowest BCUT2D eigenvalue weighted by molar-refractivity contribution is -0.191. The van der Waals surface area contributed by atoms with Crippen LogP contribution in [-0.2, 0) is 4.74 Å². The maximum absolute atomic E-state index is 11.5. The Morgan fingerprint density at radius 2 is 2.09 bits per heavy atom. The average Bonchev–Trinajstić information content (AvgIpc) is 1.82. The van der Waals surface area contributed by atoms with E-state index in [1.165, 1.54) is 0 Å². The van der Waals surface area contributed by atoms with Gasteiger partial charge in [0.1, 0.15) is 0 Å². The predicted octanol–water partition coefficient (Wildman–Crippen LogP) is 1.39. The van der Waals surface area contributed by atoms with E-state index in [0.29, 0.717) is 25.2 Å². The molecule has 0 aromatic rings. The van der Waals surface area contributed by atoms with Gasteiger partial charge in [-0.15, -0.1) is 0 Å². The van der Waals surface area contributed by atoms with Crippen LogP contribution in [-0.4, -0.2) is 24.4 Å². The van der Waals surface area contributed by atoms with Crippen molar-refractivity contribution >= 4 is 0 Å². The molecule has 0 amide bonds. The summed E-state index contributed by atoms with van der Waals surface area (Å²) in [6.45, 7) is -2.50. The highest BCUT2D eigenvalue weighted by molar-refractivity contribution is 4.79. The number of hydrogen-bond donors (Lipinski definition) is 1. The number of alkyl halides is 2. The molecule has 0 aliphatic heterocycles. The first-order chi connectivity index (χ1) is 5.22. The number of aliphatic hydroxyl groups excluding tert-OH is 1. The molecule has 0 spiro atoms. The third-order valence-electron chi connectivity index (χ3n) is 2.03. The zero-order valence-corrected chi connectivity index (χ0v) is 6.17. The Morgan fingerprint density at radius 1 is 1.45 bits per heavy atom. The molecule has 0 aromatic heterocycles. The van der Waals surface area contributed by atoms with Crippen molar-refractivity contribution in [3.05, 3.63) is 0 Å². The van der Waals surface area contributed by atoms with E-state index in [0.717, 1.165) is 0 Å². The van der Waals surface area contributed by atoms with Gasteiger partial charge in [-0.1, -0.05) is 0 Å². The summed E-state index contributed by atoms with van der Waals surface area (Å²) >= 11 is 0. The van der Waals surface area contributed by atoms with Gasteiger partial charge in [-0.3, -0.25) is 0 Å². The first kappa shape index (κ1) is 8.87. The molecule has 11 heavy (non-hydrogen) atoms. The van der Waals surface area contributed by atoms with Crippen LogP contribution in [0.2, 0.25) is 0 Å². The topological polar surface area (TPSA) is 29.5 Å². The summed E-state index contributed by atoms with van der Waals surface area (Å²) in [7, 11) is 0. The van der Waals surface area contributed by atoms with Crippen LogP contribution in [0.3, 0.4) is 0 Å². The van der Waals surface area contributed by atoms with Crippen molar-refractivity contribution in [1.82, 2.24) is 0 Å². The molecule has 0 radical (unpaired) electrons. The fraction of sp³-hybridized carbons (Fsp3) is 1.00. The predicted molar refractivity (Wildman–Crippen MR) is 35.3 cm³/mol. The fourth-order valence-corrected chi connectivity index (χ4v) is 1.35. The molecule has 0 heterocycles. The highest BCUT2D eigenvalue weighted by Crippen LogP contribution is 2.33. The molecule has 1 aliphatic rings. The molecule has 1 aliphatic carbocycles. The fourth-order valence-electron chi connectivity index (χ4n) is 1.35. The molecule has 0 unspecified atom stereocenters. The van der Waals surface area contributed by atoms with Crippen LogP contribution >= 0.6 is 0 Å². The van der Waals surface area contributed by atoms with E-state index < -0.39 is 6.61 Å². The van der Waals surface area contributed by atoms with Crippen molar-refractivity contribution < 1.29 is 18.6 Å². The van der Waals surface area contributed by atoms with E-state index >= 15 is 0 Å². The molecule has 1 fully saturated rings. The second-order valence-corrected chi connectivity index (χ2v) is 2.87. The minimum atomic E-state index is -2.64. The Hall–Kier alpha value is -0.220. The summed E-state index contributed by atoms with van der Waals surface area (Å²) in [5.41, 5.74) is 0. The number of hydrogen-bond acceptors (Lipinski definition) is 2. The van der Waals surface area contributed by atoms with Crippen LogP contribution in [0.15, 0.2) is 0 Å². The maximum Gasteiger partial charge on any atom is 0.345 e. The minimum Gasteiger partial charge on any atom is -0.396 e. The van der Waals surface area contributed by atoms with Crippen molar-refractivity contribution in [1.29, 1.82) is 0 Å². The van der Waals surface area contributed by atoms with E-state index in [1.54, 1.807) is 0 Å². The largest absolute Gasteiger partial charge is 0.396 e. The van der Waals surface area contributed by atoms with Crippen molar-refractivity contribution in [3.8, 4) is 0 Å². The molecule has 0 saturated heterocycles. The number of rotatable bonds is 4. The van der Waals surface area contributed by atoms with Gasteiger partial charge in [-0.05, 0) is 25.2 Å². The van der Waals surface area contributed by atoms with Gasteiger partial charge in [0.15, 0.2) is 0 Å². The van der Waals surface area contributed by atoms with Crippen molar-refractivity contribution in [2.75, 3.05) is 6.61 Å². The molecule has 0 aromatic carbocycles. The van der Waals surface area contributed by atoms with Gasteiger partial charge in [0.05, 0.1) is 6.10 Å². The van der Waals surface area contributed by atoms with Gasteiger partial charge in [-0.25, -0.2) is 0 Å². The van der Waals surface area contributed by atoms with Crippen LogP contribution < -0.4 is 0 Å². The van der Waals surface area contributed by atoms with E-state index in [2.05, 4.69) is 4.74 Å². The Bertz CT molecular complexity index is 113. The first-order valence-corrected chi connectivity index (χ1v) is 3.77. The molecule has 2 nitrogen and oxygen atoms in total. The summed E-state index contributed by atoms with van der Waals surface area (Å²) in [6.07, 6.45) is 1.78. The highest BCUT2D eigenvalue weighted by atomic mass is 19.3. The van der Waals surface area contributed by atoms with Gasteiger partial charge < -0.3 is 9.84 Å². The second-order valence-electron chi connectivity index (χ2n) is 2.87. The Kier molecular flexibility index (Phi) is 3.20. The number of aliphatic hydroxyl groups is 1. The van der Waals surface area contributed by atoms with Gasteiger partial charge >= 0.3 is 6.61 Å². The molecule has 0 atom stereocenters. The van der Waals surface area contributed by atoms with Gasteiger partial charge in [-0.2, -0.15) is 8.78 Å². The van der Waals surface area contributed by atoms with Crippen LogP contribution in [0, 0.1) is 5.92 Å². The van der Waals surface area contributed by atoms with Crippen molar-refractivity contribution in [2.24, 2.45) is 5.92 Å². The van der Waals surface area contributed by atoms with E-state index in [9.17, 15) is 8.78 Å². The third-order valence-corrected chi connectivity index (χ3v) is 2.03.